The highest BCUT2D eigenvalue weighted by Crippen LogP contribution is 2.02. The van der Waals surface area contributed by atoms with Gasteiger partial charge in [0.1, 0.15) is 11.5 Å². The summed E-state index contributed by atoms with van der Waals surface area (Å²) in [5.41, 5.74) is 5.71. The Morgan fingerprint density at radius 1 is 1.50 bits per heavy atom. The Balaban J connectivity index is 2.35. The molecule has 5 nitrogen and oxygen atoms in total. The first-order valence-corrected chi connectivity index (χ1v) is 5.45. The maximum atomic E-state index is 11.6. The van der Waals surface area contributed by atoms with Gasteiger partial charge >= 0.3 is 0 Å². The lowest BCUT2D eigenvalue weighted by Gasteiger charge is -2.06. The minimum Gasteiger partial charge on any atom is -0.382 e. The standard InChI is InChI=1S/C11H18N4O/c1-8(2)4-3-5-14-11(16)9-6-13-7-10(12)15-9/h6-8H,3-5H2,1-2H3,(H2,12,15)(H,14,16). The normalized spacial score (nSPS) is 10.4. The fourth-order valence-electron chi connectivity index (χ4n) is 1.29. The highest BCUT2D eigenvalue weighted by atomic mass is 16.1. The van der Waals surface area contributed by atoms with Crippen molar-refractivity contribution < 1.29 is 4.79 Å². The van der Waals surface area contributed by atoms with E-state index in [1.165, 1.54) is 12.4 Å². The number of carbonyl (C=O) groups excluding carboxylic acids is 1. The maximum absolute atomic E-state index is 11.6. The first-order valence-electron chi connectivity index (χ1n) is 5.45. The van der Waals surface area contributed by atoms with Gasteiger partial charge < -0.3 is 11.1 Å². The first-order chi connectivity index (χ1) is 7.59. The van der Waals surface area contributed by atoms with E-state index in [4.69, 9.17) is 5.73 Å². The molecular weight excluding hydrogens is 204 g/mol. The lowest BCUT2D eigenvalue weighted by Crippen LogP contribution is -2.26. The van der Waals surface area contributed by atoms with Crippen molar-refractivity contribution in [2.75, 3.05) is 12.3 Å². The number of nitrogen functional groups attached to an aromatic ring is 1. The molecule has 0 aliphatic rings. The predicted octanol–water partition coefficient (Wildman–Crippen LogP) is 1.22. The van der Waals surface area contributed by atoms with Gasteiger partial charge in [0.2, 0.25) is 0 Å². The summed E-state index contributed by atoms with van der Waals surface area (Å²) in [6.45, 7) is 4.98. The number of nitrogens with two attached hydrogens (primary N) is 1. The second-order valence-electron chi connectivity index (χ2n) is 4.12. The minimum absolute atomic E-state index is 0.219. The number of anilines is 1. The Bertz CT molecular complexity index is 352. The van der Waals surface area contributed by atoms with Crippen molar-refractivity contribution in [1.29, 1.82) is 0 Å². The average molecular weight is 222 g/mol. The lowest BCUT2D eigenvalue weighted by atomic mass is 10.1. The second kappa shape index (κ2) is 6.05. The molecule has 0 bridgehead atoms. The van der Waals surface area contributed by atoms with E-state index in [0.29, 0.717) is 12.5 Å². The Morgan fingerprint density at radius 3 is 2.88 bits per heavy atom. The molecule has 1 heterocycles. The van der Waals surface area contributed by atoms with Gasteiger partial charge in [0.15, 0.2) is 0 Å². The number of aromatic nitrogens is 2. The molecule has 0 aromatic carbocycles. The summed E-state index contributed by atoms with van der Waals surface area (Å²) in [5, 5.41) is 2.78. The molecule has 88 valence electrons. The zero-order valence-corrected chi connectivity index (χ0v) is 9.73. The monoisotopic (exact) mass is 222 g/mol. The van der Waals surface area contributed by atoms with Gasteiger partial charge in [-0.25, -0.2) is 4.98 Å². The van der Waals surface area contributed by atoms with Gasteiger partial charge in [-0.3, -0.25) is 9.78 Å². The van der Waals surface area contributed by atoms with Gasteiger partial charge in [-0.15, -0.1) is 0 Å². The molecule has 0 aliphatic heterocycles. The maximum Gasteiger partial charge on any atom is 0.271 e. The van der Waals surface area contributed by atoms with E-state index < -0.39 is 0 Å². The highest BCUT2D eigenvalue weighted by molar-refractivity contribution is 5.92. The minimum atomic E-state index is -0.219. The van der Waals surface area contributed by atoms with E-state index in [1.807, 2.05) is 0 Å². The van der Waals surface area contributed by atoms with Crippen LogP contribution in [0.3, 0.4) is 0 Å². The van der Waals surface area contributed by atoms with E-state index in [2.05, 4.69) is 29.1 Å². The molecule has 1 aromatic rings. The van der Waals surface area contributed by atoms with Crippen LogP contribution in [0.25, 0.3) is 0 Å². The molecule has 0 fully saturated rings. The highest BCUT2D eigenvalue weighted by Gasteiger charge is 2.06. The Labute approximate surface area is 95.5 Å². The van der Waals surface area contributed by atoms with Crippen molar-refractivity contribution in [3.05, 3.63) is 18.1 Å². The summed E-state index contributed by atoms with van der Waals surface area (Å²) >= 11 is 0. The van der Waals surface area contributed by atoms with Crippen LogP contribution in [-0.4, -0.2) is 22.4 Å². The number of nitrogens with one attached hydrogen (secondary N) is 1. The lowest BCUT2D eigenvalue weighted by molar-refractivity contribution is 0.0947. The van der Waals surface area contributed by atoms with Gasteiger partial charge in [-0.2, -0.15) is 0 Å². The van der Waals surface area contributed by atoms with Crippen molar-refractivity contribution in [2.24, 2.45) is 5.92 Å². The Morgan fingerprint density at radius 2 is 2.25 bits per heavy atom. The third-order valence-electron chi connectivity index (χ3n) is 2.13. The van der Waals surface area contributed by atoms with Crippen LogP contribution in [0.15, 0.2) is 12.4 Å². The molecule has 3 N–H and O–H groups in total. The molecule has 0 saturated carbocycles. The van der Waals surface area contributed by atoms with Crippen LogP contribution >= 0.6 is 0 Å². The van der Waals surface area contributed by atoms with E-state index in [1.54, 1.807) is 0 Å². The van der Waals surface area contributed by atoms with Crippen LogP contribution in [0.4, 0.5) is 5.82 Å². The topological polar surface area (TPSA) is 80.9 Å². The van der Waals surface area contributed by atoms with Gasteiger partial charge in [0, 0.05) is 6.54 Å². The molecular formula is C11H18N4O. The van der Waals surface area contributed by atoms with Crippen LogP contribution in [-0.2, 0) is 0 Å². The van der Waals surface area contributed by atoms with Crippen molar-refractivity contribution in [2.45, 2.75) is 26.7 Å². The molecule has 0 radical (unpaired) electrons. The molecule has 0 spiro atoms. The van der Waals surface area contributed by atoms with E-state index >= 15 is 0 Å². The van der Waals surface area contributed by atoms with Crippen LogP contribution in [0, 0.1) is 5.92 Å². The van der Waals surface area contributed by atoms with Crippen molar-refractivity contribution in [3.8, 4) is 0 Å². The molecule has 0 atom stereocenters. The molecule has 0 aliphatic carbocycles. The summed E-state index contributed by atoms with van der Waals surface area (Å²) in [7, 11) is 0. The third-order valence-corrected chi connectivity index (χ3v) is 2.13. The predicted molar refractivity (Wildman–Crippen MR) is 62.8 cm³/mol. The third kappa shape index (κ3) is 4.25. The number of hydrogen-bond acceptors (Lipinski definition) is 4. The second-order valence-corrected chi connectivity index (χ2v) is 4.12. The van der Waals surface area contributed by atoms with Crippen molar-refractivity contribution >= 4 is 11.7 Å². The molecule has 1 aromatic heterocycles. The number of rotatable bonds is 5. The number of hydrogen-bond donors (Lipinski definition) is 2. The van der Waals surface area contributed by atoms with Crippen LogP contribution < -0.4 is 11.1 Å². The Hall–Kier alpha value is -1.65. The molecule has 5 heteroatoms. The van der Waals surface area contributed by atoms with Crippen molar-refractivity contribution in [3.63, 3.8) is 0 Å². The van der Waals surface area contributed by atoms with Gasteiger partial charge in [-0.1, -0.05) is 13.8 Å². The van der Waals surface area contributed by atoms with Crippen LogP contribution in [0.2, 0.25) is 0 Å². The van der Waals surface area contributed by atoms with E-state index in [-0.39, 0.29) is 17.4 Å². The SMILES string of the molecule is CC(C)CCCNC(=O)c1cncc(N)n1. The summed E-state index contributed by atoms with van der Waals surface area (Å²) in [6, 6.07) is 0. The number of amides is 1. The zero-order valence-electron chi connectivity index (χ0n) is 9.73. The summed E-state index contributed by atoms with van der Waals surface area (Å²) in [6.07, 6.45) is 4.89. The average Bonchev–Trinajstić information content (AvgIpc) is 2.24. The Kier molecular flexibility index (Phi) is 4.69. The summed E-state index contributed by atoms with van der Waals surface area (Å²) in [4.78, 5) is 19.3. The van der Waals surface area contributed by atoms with Gasteiger partial charge in [-0.05, 0) is 18.8 Å². The van der Waals surface area contributed by atoms with Crippen molar-refractivity contribution in [1.82, 2.24) is 15.3 Å². The van der Waals surface area contributed by atoms with Gasteiger partial charge in [0.25, 0.3) is 5.91 Å². The zero-order chi connectivity index (χ0) is 12.0. The molecule has 16 heavy (non-hydrogen) atoms. The number of nitrogens with zero attached hydrogens (tertiary/aromatic N) is 2. The van der Waals surface area contributed by atoms with Crippen LogP contribution in [0.5, 0.6) is 0 Å². The largest absolute Gasteiger partial charge is 0.382 e. The molecule has 0 saturated heterocycles. The molecule has 1 rings (SSSR count). The van der Waals surface area contributed by atoms with E-state index in [9.17, 15) is 4.79 Å². The number of carbonyl (C=O) groups is 1. The molecule has 0 unspecified atom stereocenters. The fourth-order valence-corrected chi connectivity index (χ4v) is 1.29. The summed E-state index contributed by atoms with van der Waals surface area (Å²) in [5.74, 6) is 0.697. The fraction of sp³-hybridized carbons (Fsp3) is 0.545. The van der Waals surface area contributed by atoms with Crippen LogP contribution in [0.1, 0.15) is 37.2 Å². The first kappa shape index (κ1) is 12.4. The summed E-state index contributed by atoms with van der Waals surface area (Å²) < 4.78 is 0. The van der Waals surface area contributed by atoms with Gasteiger partial charge in [0.05, 0.1) is 12.4 Å². The smallest absolute Gasteiger partial charge is 0.271 e. The molecule has 1 amide bonds. The quantitative estimate of drug-likeness (QED) is 0.734. The van der Waals surface area contributed by atoms with E-state index in [0.717, 1.165) is 12.8 Å².